The Balaban J connectivity index is 0.00000242. The van der Waals surface area contributed by atoms with Gasteiger partial charge in [-0.2, -0.15) is 0 Å². The summed E-state index contributed by atoms with van der Waals surface area (Å²) >= 11 is 5.95. The Morgan fingerprint density at radius 3 is 2.55 bits per heavy atom. The van der Waals surface area contributed by atoms with Crippen molar-refractivity contribution in [3.63, 3.8) is 0 Å². The fraction of sp³-hybridized carbons (Fsp3) is 0.235. The Hall–Kier alpha value is -0.204. The largest absolute Gasteiger partial charge is 1.00 e. The van der Waals surface area contributed by atoms with Gasteiger partial charge in [-0.25, -0.2) is 0 Å². The van der Waals surface area contributed by atoms with Gasteiger partial charge in [-0.15, -0.1) is 0 Å². The predicted octanol–water partition coefficient (Wildman–Crippen LogP) is 1.12. The van der Waals surface area contributed by atoms with Crippen molar-refractivity contribution in [2.75, 3.05) is 0 Å². The van der Waals surface area contributed by atoms with Gasteiger partial charge in [0.25, 0.3) is 0 Å². The maximum absolute atomic E-state index is 11.3. The monoisotopic (exact) mass is 343 g/mol. The second-order valence-corrected chi connectivity index (χ2v) is 5.29. The molecule has 0 radical (unpaired) electrons. The Labute approximate surface area is 180 Å². The van der Waals surface area contributed by atoms with E-state index in [9.17, 15) is 4.79 Å². The zero-order valence-electron chi connectivity index (χ0n) is 14.1. The Morgan fingerprint density at radius 1 is 1.27 bits per heavy atom. The number of carbonyl (C=O) groups is 1. The van der Waals surface area contributed by atoms with Crippen LogP contribution in [0.1, 0.15) is 31.3 Å². The van der Waals surface area contributed by atoms with E-state index in [1.54, 1.807) is 0 Å². The van der Waals surface area contributed by atoms with E-state index < -0.39 is 6.23 Å². The molecule has 5 heteroatoms. The third-order valence-electron chi connectivity index (χ3n) is 3.17. The van der Waals surface area contributed by atoms with E-state index in [0.29, 0.717) is 6.54 Å². The van der Waals surface area contributed by atoms with E-state index in [-0.39, 0.29) is 58.8 Å². The van der Waals surface area contributed by atoms with Crippen LogP contribution < -0.4 is 56.7 Å². The van der Waals surface area contributed by atoms with Crippen LogP contribution in [-0.2, 0) is 16.1 Å². The third kappa shape index (κ3) is 6.12. The van der Waals surface area contributed by atoms with Crippen LogP contribution >= 0.6 is 11.6 Å². The number of esters is 1. The summed E-state index contributed by atoms with van der Waals surface area (Å²) in [5, 5.41) is 3.98. The molecule has 0 amide bonds. The molecule has 2 aromatic carbocycles. The first kappa shape index (κ1) is 19.8. The van der Waals surface area contributed by atoms with Crippen molar-refractivity contribution in [1.82, 2.24) is 5.32 Å². The minimum Gasteiger partial charge on any atom is -1.00 e. The van der Waals surface area contributed by atoms with E-state index in [4.69, 9.17) is 16.3 Å². The van der Waals surface area contributed by atoms with Gasteiger partial charge < -0.3 is 6.16 Å². The summed E-state index contributed by atoms with van der Waals surface area (Å²) in [4.78, 5) is 11.3. The number of ether oxygens (including phenoxy) is 1. The molecule has 3 nitrogen and oxygen atoms in total. The van der Waals surface area contributed by atoms with Crippen LogP contribution in [0.3, 0.4) is 0 Å². The molecule has 22 heavy (non-hydrogen) atoms. The Morgan fingerprint density at radius 2 is 1.95 bits per heavy atom. The molecule has 0 aliphatic rings. The van der Waals surface area contributed by atoms with Crippen molar-refractivity contribution in [3.05, 3.63) is 70.2 Å². The SMILES string of the molecule is CC(=O)OC(NCc1ccc(Cl)cc1C)c1ccccc1.[H-].[K+]. The van der Waals surface area contributed by atoms with Gasteiger partial charge in [0.1, 0.15) is 0 Å². The van der Waals surface area contributed by atoms with Crippen molar-refractivity contribution < 1.29 is 62.3 Å². The molecule has 0 bridgehead atoms. The van der Waals surface area contributed by atoms with Crippen LogP contribution in [0.25, 0.3) is 0 Å². The zero-order chi connectivity index (χ0) is 15.2. The zero-order valence-corrected chi connectivity index (χ0v) is 17.0. The third-order valence-corrected chi connectivity index (χ3v) is 3.40. The number of aryl methyl sites for hydroxylation is 1. The van der Waals surface area contributed by atoms with E-state index in [1.165, 1.54) is 6.92 Å². The summed E-state index contributed by atoms with van der Waals surface area (Å²) in [5.74, 6) is -0.316. The first-order chi connectivity index (χ1) is 10.1. The molecule has 0 saturated heterocycles. The van der Waals surface area contributed by atoms with Crippen LogP contribution in [0, 0.1) is 6.92 Å². The summed E-state index contributed by atoms with van der Waals surface area (Å²) in [6.07, 6.45) is -0.459. The molecular weight excluding hydrogens is 325 g/mol. The Bertz CT molecular complexity index is 625. The van der Waals surface area contributed by atoms with Crippen LogP contribution in [0.15, 0.2) is 48.5 Å². The van der Waals surface area contributed by atoms with Gasteiger partial charge >= 0.3 is 57.4 Å². The summed E-state index contributed by atoms with van der Waals surface area (Å²) in [7, 11) is 0. The number of carbonyl (C=O) groups excluding carboxylic acids is 1. The number of benzene rings is 2. The first-order valence-corrected chi connectivity index (χ1v) is 7.14. The maximum atomic E-state index is 11.3. The van der Waals surface area contributed by atoms with Crippen molar-refractivity contribution in [1.29, 1.82) is 0 Å². The minimum absolute atomic E-state index is 0. The van der Waals surface area contributed by atoms with E-state index in [0.717, 1.165) is 21.7 Å². The summed E-state index contributed by atoms with van der Waals surface area (Å²) in [5.41, 5.74) is 3.14. The molecule has 1 atom stereocenters. The molecule has 0 aliphatic heterocycles. The van der Waals surface area contributed by atoms with Crippen molar-refractivity contribution in [2.45, 2.75) is 26.6 Å². The molecule has 112 valence electrons. The molecule has 0 aromatic heterocycles. The van der Waals surface area contributed by atoms with Crippen LogP contribution in [-0.4, -0.2) is 5.97 Å². The fourth-order valence-electron chi connectivity index (χ4n) is 2.08. The molecule has 1 unspecified atom stereocenters. The molecule has 0 aliphatic carbocycles. The van der Waals surface area contributed by atoms with Crippen LogP contribution in [0.4, 0.5) is 0 Å². The maximum Gasteiger partial charge on any atom is 1.00 e. The Kier molecular flexibility index (Phi) is 8.86. The molecule has 0 spiro atoms. The number of halogens is 1. The van der Waals surface area contributed by atoms with Crippen molar-refractivity contribution in [3.8, 4) is 0 Å². The van der Waals surface area contributed by atoms with Gasteiger partial charge in [-0.1, -0.05) is 48.0 Å². The van der Waals surface area contributed by atoms with E-state index >= 15 is 0 Å². The molecule has 0 fully saturated rings. The second-order valence-electron chi connectivity index (χ2n) is 4.85. The first-order valence-electron chi connectivity index (χ1n) is 6.77. The van der Waals surface area contributed by atoms with Crippen molar-refractivity contribution in [2.24, 2.45) is 0 Å². The van der Waals surface area contributed by atoms with E-state index in [2.05, 4.69) is 5.32 Å². The molecular formula is C17H19ClKNO2. The van der Waals surface area contributed by atoms with E-state index in [1.807, 2.05) is 55.5 Å². The molecule has 2 aromatic rings. The quantitative estimate of drug-likeness (QED) is 0.502. The second kappa shape index (κ2) is 9.83. The predicted molar refractivity (Wildman–Crippen MR) is 85.1 cm³/mol. The number of nitrogens with one attached hydrogen (secondary N) is 1. The molecule has 2 rings (SSSR count). The van der Waals surface area contributed by atoms with Gasteiger partial charge in [-0.3, -0.25) is 10.1 Å². The smallest absolute Gasteiger partial charge is 1.00 e. The average molecular weight is 344 g/mol. The summed E-state index contributed by atoms with van der Waals surface area (Å²) < 4.78 is 5.35. The molecule has 0 saturated carbocycles. The normalized spacial score (nSPS) is 11.4. The molecule has 1 N–H and O–H groups in total. The van der Waals surface area contributed by atoms with Gasteiger partial charge in [0.05, 0.1) is 0 Å². The minimum atomic E-state index is -0.459. The fourth-order valence-corrected chi connectivity index (χ4v) is 2.31. The van der Waals surface area contributed by atoms with Gasteiger partial charge in [0, 0.05) is 24.1 Å². The van der Waals surface area contributed by atoms with Crippen LogP contribution in [0.5, 0.6) is 0 Å². The average Bonchev–Trinajstić information content (AvgIpc) is 2.45. The number of hydrogen-bond donors (Lipinski definition) is 1. The summed E-state index contributed by atoms with van der Waals surface area (Å²) in [6, 6.07) is 15.4. The number of hydrogen-bond acceptors (Lipinski definition) is 3. The van der Waals surface area contributed by atoms with Crippen LogP contribution in [0.2, 0.25) is 5.02 Å². The van der Waals surface area contributed by atoms with Gasteiger partial charge in [0.15, 0.2) is 6.23 Å². The summed E-state index contributed by atoms with van der Waals surface area (Å²) in [6.45, 7) is 4.01. The standard InChI is InChI=1S/C17H18ClNO2.K.H/c1-12-10-16(18)9-8-15(12)11-19-17(21-13(2)20)14-6-4-3-5-7-14;;/h3-10,17,19H,11H2,1-2H3;;/q;+1;-1. The van der Waals surface area contributed by atoms with Crippen molar-refractivity contribution >= 4 is 17.6 Å². The molecule has 0 heterocycles. The van der Waals surface area contributed by atoms with Gasteiger partial charge in [-0.05, 0) is 30.2 Å². The number of rotatable bonds is 5. The van der Waals surface area contributed by atoms with Gasteiger partial charge in [0.2, 0.25) is 0 Å². The topological polar surface area (TPSA) is 38.3 Å².